The smallest absolute Gasteiger partial charge is 0.336 e. The van der Waals surface area contributed by atoms with Gasteiger partial charge in [-0.15, -0.1) is 0 Å². The van der Waals surface area contributed by atoms with Gasteiger partial charge in [0.1, 0.15) is 0 Å². The monoisotopic (exact) mass is 204 g/mol. The van der Waals surface area contributed by atoms with E-state index in [2.05, 4.69) is 13.5 Å². The van der Waals surface area contributed by atoms with Crippen LogP contribution in [0, 0.1) is 5.92 Å². The topological polar surface area (TPSA) is 27.7 Å². The van der Waals surface area contributed by atoms with Gasteiger partial charge in [-0.25, -0.2) is 0 Å². The quantitative estimate of drug-likeness (QED) is 0.645. The molecule has 0 spiro atoms. The summed E-state index contributed by atoms with van der Waals surface area (Å²) in [6.45, 7) is 6.25. The van der Waals surface area contributed by atoms with Crippen LogP contribution >= 0.6 is 0 Å². The molecule has 0 saturated carbocycles. The van der Waals surface area contributed by atoms with E-state index in [4.69, 9.17) is 13.6 Å². The number of hydrogen-bond donors (Lipinski definition) is 0. The second-order valence-corrected chi connectivity index (χ2v) is 7.48. The molecular weight excluding hydrogens is 184 g/mol. The first-order chi connectivity index (χ1) is 5.96. The Balaban J connectivity index is 2.74. The van der Waals surface area contributed by atoms with Crippen LogP contribution < -0.4 is 0 Å². The lowest BCUT2D eigenvalue weighted by Crippen LogP contribution is -2.54. The minimum Gasteiger partial charge on any atom is -0.398 e. The Kier molecular flexibility index (Phi) is 3.17. The van der Waals surface area contributed by atoms with E-state index in [1.165, 1.54) is 0 Å². The van der Waals surface area contributed by atoms with Gasteiger partial charge in [-0.3, -0.25) is 0 Å². The van der Waals surface area contributed by atoms with Gasteiger partial charge >= 0.3 is 8.56 Å². The zero-order valence-electron chi connectivity index (χ0n) is 9.22. The largest absolute Gasteiger partial charge is 0.398 e. The number of methoxy groups -OCH3 is 1. The van der Waals surface area contributed by atoms with Gasteiger partial charge in [0.15, 0.2) is 5.79 Å². The van der Waals surface area contributed by atoms with Crippen LogP contribution in [-0.4, -0.2) is 28.6 Å². The Morgan fingerprint density at radius 2 is 2.08 bits per heavy atom. The average molecular weight is 204 g/mol. The fourth-order valence-electron chi connectivity index (χ4n) is 1.71. The predicted molar refractivity (Wildman–Crippen MR) is 53.7 cm³/mol. The third-order valence-electron chi connectivity index (χ3n) is 3.18. The standard InChI is InChI=1S/C9H20O3Si/c1-8-6-7-13(5,11-4)12-9(8,2)10-3/h8H,6-7H2,1-5H3. The van der Waals surface area contributed by atoms with Gasteiger partial charge in [0.2, 0.25) is 0 Å². The van der Waals surface area contributed by atoms with E-state index in [1.54, 1.807) is 14.2 Å². The summed E-state index contributed by atoms with van der Waals surface area (Å²) < 4.78 is 16.8. The molecule has 1 aliphatic heterocycles. The van der Waals surface area contributed by atoms with Crippen molar-refractivity contribution in [3.8, 4) is 0 Å². The normalized spacial score (nSPS) is 46.4. The average Bonchev–Trinajstić information content (AvgIpc) is 2.12. The summed E-state index contributed by atoms with van der Waals surface area (Å²) in [4.78, 5) is 0. The van der Waals surface area contributed by atoms with Crippen LogP contribution in [0.1, 0.15) is 20.3 Å². The number of rotatable bonds is 2. The van der Waals surface area contributed by atoms with Crippen LogP contribution in [0.15, 0.2) is 0 Å². The summed E-state index contributed by atoms with van der Waals surface area (Å²) in [6.07, 6.45) is 1.13. The van der Waals surface area contributed by atoms with E-state index >= 15 is 0 Å². The minimum absolute atomic E-state index is 0.438. The van der Waals surface area contributed by atoms with Crippen molar-refractivity contribution < 1.29 is 13.6 Å². The summed E-state index contributed by atoms with van der Waals surface area (Å²) in [5.74, 6) is -0.0110. The van der Waals surface area contributed by atoms with Gasteiger partial charge in [0.25, 0.3) is 0 Å². The molecule has 0 amide bonds. The lowest BCUT2D eigenvalue weighted by molar-refractivity contribution is -0.208. The molecule has 1 heterocycles. The van der Waals surface area contributed by atoms with Gasteiger partial charge in [-0.2, -0.15) is 0 Å². The summed E-state index contributed by atoms with van der Waals surface area (Å²) >= 11 is 0. The van der Waals surface area contributed by atoms with E-state index < -0.39 is 14.3 Å². The maximum absolute atomic E-state index is 5.97. The van der Waals surface area contributed by atoms with E-state index in [1.807, 2.05) is 6.92 Å². The zero-order valence-corrected chi connectivity index (χ0v) is 10.2. The molecule has 0 aromatic heterocycles. The third-order valence-corrected chi connectivity index (χ3v) is 6.08. The van der Waals surface area contributed by atoms with Crippen LogP contribution in [0.2, 0.25) is 12.6 Å². The van der Waals surface area contributed by atoms with Gasteiger partial charge < -0.3 is 13.6 Å². The van der Waals surface area contributed by atoms with Gasteiger partial charge in [0.05, 0.1) is 0 Å². The fraction of sp³-hybridized carbons (Fsp3) is 1.00. The van der Waals surface area contributed by atoms with Crippen molar-refractivity contribution in [1.29, 1.82) is 0 Å². The predicted octanol–water partition coefficient (Wildman–Crippen LogP) is 2.12. The molecule has 0 radical (unpaired) electrons. The van der Waals surface area contributed by atoms with Crippen LogP contribution in [0.4, 0.5) is 0 Å². The van der Waals surface area contributed by atoms with Gasteiger partial charge in [-0.1, -0.05) is 6.92 Å². The SMILES string of the molecule is COC1(C)O[Si](C)(OC)CCC1C. The highest BCUT2D eigenvalue weighted by molar-refractivity contribution is 6.66. The molecule has 3 nitrogen and oxygen atoms in total. The van der Waals surface area contributed by atoms with Crippen LogP contribution in [-0.2, 0) is 13.6 Å². The summed E-state index contributed by atoms with van der Waals surface area (Å²) in [6, 6.07) is 1.06. The highest BCUT2D eigenvalue weighted by Crippen LogP contribution is 2.38. The van der Waals surface area contributed by atoms with Crippen molar-refractivity contribution in [2.75, 3.05) is 14.2 Å². The lowest BCUT2D eigenvalue weighted by Gasteiger charge is -2.45. The summed E-state index contributed by atoms with van der Waals surface area (Å²) in [5.41, 5.74) is 0. The maximum atomic E-state index is 5.97. The Labute approximate surface area is 81.6 Å². The second kappa shape index (κ2) is 3.69. The van der Waals surface area contributed by atoms with Gasteiger partial charge in [0, 0.05) is 20.1 Å². The van der Waals surface area contributed by atoms with Crippen LogP contribution in [0.3, 0.4) is 0 Å². The van der Waals surface area contributed by atoms with Crippen molar-refractivity contribution in [3.63, 3.8) is 0 Å². The Morgan fingerprint density at radius 3 is 2.54 bits per heavy atom. The first kappa shape index (κ1) is 11.2. The molecule has 3 atom stereocenters. The number of ether oxygens (including phenoxy) is 1. The maximum Gasteiger partial charge on any atom is 0.336 e. The molecule has 1 saturated heterocycles. The summed E-state index contributed by atoms with van der Waals surface area (Å²) in [5, 5.41) is 0. The summed E-state index contributed by atoms with van der Waals surface area (Å²) in [7, 11) is 1.50. The highest BCUT2D eigenvalue weighted by atomic mass is 28.4. The molecule has 1 rings (SSSR count). The molecule has 78 valence electrons. The Bertz CT molecular complexity index is 188. The molecule has 1 aliphatic rings. The van der Waals surface area contributed by atoms with E-state index in [0.29, 0.717) is 5.92 Å². The van der Waals surface area contributed by atoms with Crippen molar-refractivity contribution in [2.45, 2.75) is 38.6 Å². The molecular formula is C9H20O3Si. The van der Waals surface area contributed by atoms with Crippen molar-refractivity contribution in [1.82, 2.24) is 0 Å². The molecule has 1 fully saturated rings. The molecule has 0 N–H and O–H groups in total. The Hall–Kier alpha value is 0.0969. The molecule has 13 heavy (non-hydrogen) atoms. The van der Waals surface area contributed by atoms with Crippen molar-refractivity contribution in [2.24, 2.45) is 5.92 Å². The second-order valence-electron chi connectivity index (χ2n) is 4.10. The minimum atomic E-state index is -1.93. The number of hydrogen-bond acceptors (Lipinski definition) is 3. The van der Waals surface area contributed by atoms with E-state index in [9.17, 15) is 0 Å². The van der Waals surface area contributed by atoms with Crippen molar-refractivity contribution in [3.05, 3.63) is 0 Å². The van der Waals surface area contributed by atoms with Gasteiger partial charge in [-0.05, 0) is 25.9 Å². The molecule has 4 heteroatoms. The first-order valence-electron chi connectivity index (χ1n) is 4.76. The molecule has 0 bridgehead atoms. The lowest BCUT2D eigenvalue weighted by atomic mass is 9.99. The molecule has 0 aromatic carbocycles. The molecule has 3 unspecified atom stereocenters. The zero-order chi connectivity index (χ0) is 10.1. The fourth-order valence-corrected chi connectivity index (χ4v) is 4.20. The Morgan fingerprint density at radius 1 is 1.46 bits per heavy atom. The highest BCUT2D eigenvalue weighted by Gasteiger charge is 2.47. The third kappa shape index (κ3) is 2.12. The molecule has 0 aromatic rings. The van der Waals surface area contributed by atoms with Crippen molar-refractivity contribution >= 4 is 8.56 Å². The first-order valence-corrected chi connectivity index (χ1v) is 7.28. The van der Waals surface area contributed by atoms with E-state index in [0.717, 1.165) is 12.5 Å². The van der Waals surface area contributed by atoms with Crippen LogP contribution in [0.5, 0.6) is 0 Å². The molecule has 0 aliphatic carbocycles. The van der Waals surface area contributed by atoms with E-state index in [-0.39, 0.29) is 0 Å². The van der Waals surface area contributed by atoms with Crippen LogP contribution in [0.25, 0.3) is 0 Å².